The average Bonchev–Trinajstić information content (AvgIpc) is 2.43. The Morgan fingerprint density at radius 2 is 2.15 bits per heavy atom. The van der Waals surface area contributed by atoms with Crippen LogP contribution in [0.25, 0.3) is 10.1 Å². The smallest absolute Gasteiger partial charge is 0.137 e. The largest absolute Gasteiger partial charge is 0.506 e. The summed E-state index contributed by atoms with van der Waals surface area (Å²) < 4.78 is 6.17. The number of ether oxygens (including phenoxy) is 1. The molecule has 3 heteroatoms. The standard InChI is InChI=1S/C10H10O2S/c1-6-10(11)8-5-7(12-2)3-4-9(8)13-6/h3-5,11H,1-2H3. The van der Waals surface area contributed by atoms with Gasteiger partial charge in [0.1, 0.15) is 11.5 Å². The van der Waals surface area contributed by atoms with E-state index in [1.54, 1.807) is 18.4 Å². The molecule has 0 saturated carbocycles. The van der Waals surface area contributed by atoms with Crippen molar-refractivity contribution in [2.75, 3.05) is 7.11 Å². The van der Waals surface area contributed by atoms with Crippen LogP contribution < -0.4 is 4.74 Å². The second-order valence-corrected chi connectivity index (χ2v) is 4.13. The molecular weight excluding hydrogens is 184 g/mol. The number of aromatic hydroxyl groups is 1. The second-order valence-electron chi connectivity index (χ2n) is 2.87. The quantitative estimate of drug-likeness (QED) is 0.756. The molecule has 2 aromatic rings. The van der Waals surface area contributed by atoms with Gasteiger partial charge in [-0.15, -0.1) is 11.3 Å². The fourth-order valence-corrected chi connectivity index (χ4v) is 2.25. The Hall–Kier alpha value is -1.22. The predicted molar refractivity (Wildman–Crippen MR) is 54.8 cm³/mol. The zero-order chi connectivity index (χ0) is 9.42. The van der Waals surface area contributed by atoms with E-state index in [0.717, 1.165) is 20.7 Å². The molecule has 13 heavy (non-hydrogen) atoms. The zero-order valence-corrected chi connectivity index (χ0v) is 8.31. The Morgan fingerprint density at radius 1 is 1.38 bits per heavy atom. The van der Waals surface area contributed by atoms with Crippen molar-refractivity contribution in [1.29, 1.82) is 0 Å². The Kier molecular flexibility index (Phi) is 1.88. The van der Waals surface area contributed by atoms with E-state index in [0.29, 0.717) is 5.75 Å². The summed E-state index contributed by atoms with van der Waals surface area (Å²) in [6.45, 7) is 1.91. The normalized spacial score (nSPS) is 10.6. The Morgan fingerprint density at radius 3 is 2.85 bits per heavy atom. The summed E-state index contributed by atoms with van der Waals surface area (Å²) in [5.74, 6) is 1.15. The average molecular weight is 194 g/mol. The van der Waals surface area contributed by atoms with Crippen molar-refractivity contribution in [3.63, 3.8) is 0 Å². The van der Waals surface area contributed by atoms with Gasteiger partial charge in [0.2, 0.25) is 0 Å². The molecule has 0 atom stereocenters. The van der Waals surface area contributed by atoms with Gasteiger partial charge in [-0.3, -0.25) is 0 Å². The monoisotopic (exact) mass is 194 g/mol. The molecule has 0 spiro atoms. The molecule has 0 bridgehead atoms. The summed E-state index contributed by atoms with van der Waals surface area (Å²) in [7, 11) is 1.62. The lowest BCUT2D eigenvalue weighted by atomic mass is 10.2. The number of fused-ring (bicyclic) bond motifs is 1. The number of methoxy groups -OCH3 is 1. The van der Waals surface area contributed by atoms with Crippen LogP contribution in [0.15, 0.2) is 18.2 Å². The number of hydrogen-bond donors (Lipinski definition) is 1. The summed E-state index contributed by atoms with van der Waals surface area (Å²) in [4.78, 5) is 0.947. The summed E-state index contributed by atoms with van der Waals surface area (Å²) in [5, 5.41) is 10.5. The fourth-order valence-electron chi connectivity index (χ4n) is 1.31. The van der Waals surface area contributed by atoms with Crippen LogP contribution in [-0.2, 0) is 0 Å². The molecule has 2 rings (SSSR count). The first kappa shape index (κ1) is 8.38. The molecule has 0 radical (unpaired) electrons. The first-order chi connectivity index (χ1) is 6.22. The molecule has 1 heterocycles. The second kappa shape index (κ2) is 2.92. The molecule has 0 amide bonds. The zero-order valence-electron chi connectivity index (χ0n) is 7.50. The van der Waals surface area contributed by atoms with E-state index in [2.05, 4.69) is 0 Å². The topological polar surface area (TPSA) is 29.5 Å². The third-order valence-electron chi connectivity index (χ3n) is 2.04. The molecular formula is C10H10O2S. The summed E-state index contributed by atoms with van der Waals surface area (Å²) in [6.07, 6.45) is 0. The van der Waals surface area contributed by atoms with Crippen molar-refractivity contribution < 1.29 is 9.84 Å². The Labute approximate surface area is 80.4 Å². The van der Waals surface area contributed by atoms with Gasteiger partial charge in [0.15, 0.2) is 0 Å². The van der Waals surface area contributed by atoms with Gasteiger partial charge in [0.25, 0.3) is 0 Å². The van der Waals surface area contributed by atoms with Gasteiger partial charge < -0.3 is 9.84 Å². The lowest BCUT2D eigenvalue weighted by Crippen LogP contribution is -1.80. The van der Waals surface area contributed by atoms with E-state index in [4.69, 9.17) is 4.74 Å². The number of hydrogen-bond acceptors (Lipinski definition) is 3. The van der Waals surface area contributed by atoms with Crippen molar-refractivity contribution in [3.8, 4) is 11.5 Å². The summed E-state index contributed by atoms with van der Waals surface area (Å²) in [5.41, 5.74) is 0. The van der Waals surface area contributed by atoms with Gasteiger partial charge in [0, 0.05) is 15.0 Å². The van der Waals surface area contributed by atoms with Gasteiger partial charge in [-0.2, -0.15) is 0 Å². The number of benzene rings is 1. The maximum absolute atomic E-state index is 9.67. The first-order valence-corrected chi connectivity index (χ1v) is 4.80. The highest BCUT2D eigenvalue weighted by Crippen LogP contribution is 2.37. The van der Waals surface area contributed by atoms with Crippen LogP contribution in [0.4, 0.5) is 0 Å². The Bertz CT molecular complexity index is 445. The minimum absolute atomic E-state index is 0.374. The molecule has 1 aromatic heterocycles. The molecule has 0 aliphatic rings. The minimum Gasteiger partial charge on any atom is -0.506 e. The van der Waals surface area contributed by atoms with Gasteiger partial charge in [-0.25, -0.2) is 0 Å². The number of rotatable bonds is 1. The molecule has 68 valence electrons. The number of thiophene rings is 1. The van der Waals surface area contributed by atoms with Gasteiger partial charge in [-0.05, 0) is 25.1 Å². The van der Waals surface area contributed by atoms with Crippen molar-refractivity contribution in [2.45, 2.75) is 6.92 Å². The Balaban J connectivity index is 2.75. The molecule has 1 N–H and O–H groups in total. The first-order valence-electron chi connectivity index (χ1n) is 3.98. The molecule has 0 aliphatic carbocycles. The molecule has 0 unspecified atom stereocenters. The SMILES string of the molecule is COc1ccc2sc(C)c(O)c2c1. The predicted octanol–water partition coefficient (Wildman–Crippen LogP) is 2.92. The van der Waals surface area contributed by atoms with Crippen molar-refractivity contribution >= 4 is 21.4 Å². The van der Waals surface area contributed by atoms with Gasteiger partial charge in [0.05, 0.1) is 7.11 Å². The molecule has 0 saturated heterocycles. The van der Waals surface area contributed by atoms with E-state index < -0.39 is 0 Å². The summed E-state index contributed by atoms with van der Waals surface area (Å²) >= 11 is 1.59. The van der Waals surface area contributed by atoms with Crippen LogP contribution in [0.2, 0.25) is 0 Å². The van der Waals surface area contributed by atoms with E-state index in [1.807, 2.05) is 25.1 Å². The van der Waals surface area contributed by atoms with E-state index in [9.17, 15) is 5.11 Å². The molecule has 0 fully saturated rings. The van der Waals surface area contributed by atoms with Crippen molar-refractivity contribution in [3.05, 3.63) is 23.1 Å². The highest BCUT2D eigenvalue weighted by atomic mass is 32.1. The van der Waals surface area contributed by atoms with E-state index >= 15 is 0 Å². The summed E-state index contributed by atoms with van der Waals surface area (Å²) in [6, 6.07) is 5.72. The van der Waals surface area contributed by atoms with Crippen LogP contribution in [-0.4, -0.2) is 12.2 Å². The van der Waals surface area contributed by atoms with Gasteiger partial charge >= 0.3 is 0 Å². The molecule has 1 aromatic carbocycles. The van der Waals surface area contributed by atoms with Crippen LogP contribution in [0.3, 0.4) is 0 Å². The molecule has 2 nitrogen and oxygen atoms in total. The van der Waals surface area contributed by atoms with Gasteiger partial charge in [-0.1, -0.05) is 0 Å². The van der Waals surface area contributed by atoms with Crippen LogP contribution in [0, 0.1) is 6.92 Å². The van der Waals surface area contributed by atoms with E-state index in [-0.39, 0.29) is 0 Å². The minimum atomic E-state index is 0.374. The van der Waals surface area contributed by atoms with Crippen molar-refractivity contribution in [2.24, 2.45) is 0 Å². The highest BCUT2D eigenvalue weighted by molar-refractivity contribution is 7.19. The fraction of sp³-hybridized carbons (Fsp3) is 0.200. The maximum Gasteiger partial charge on any atom is 0.137 e. The third-order valence-corrected chi connectivity index (χ3v) is 3.11. The van der Waals surface area contributed by atoms with Crippen LogP contribution in [0.5, 0.6) is 11.5 Å². The van der Waals surface area contributed by atoms with Crippen LogP contribution >= 0.6 is 11.3 Å². The highest BCUT2D eigenvalue weighted by Gasteiger charge is 2.07. The lowest BCUT2D eigenvalue weighted by molar-refractivity contribution is 0.415. The molecule has 0 aliphatic heterocycles. The third kappa shape index (κ3) is 1.25. The maximum atomic E-state index is 9.67. The van der Waals surface area contributed by atoms with E-state index in [1.165, 1.54) is 0 Å². The van der Waals surface area contributed by atoms with Crippen LogP contribution in [0.1, 0.15) is 4.88 Å². The number of aryl methyl sites for hydroxylation is 1. The lowest BCUT2D eigenvalue weighted by Gasteiger charge is -1.98. The van der Waals surface area contributed by atoms with Crippen molar-refractivity contribution in [1.82, 2.24) is 0 Å².